The maximum absolute atomic E-state index is 11.6. The molecule has 24 heavy (non-hydrogen) atoms. The molecule has 0 radical (unpaired) electrons. The van der Waals surface area contributed by atoms with Gasteiger partial charge < -0.3 is 14.2 Å². The van der Waals surface area contributed by atoms with Crippen LogP contribution in [0.3, 0.4) is 0 Å². The average molecular weight is 335 g/mol. The van der Waals surface area contributed by atoms with Gasteiger partial charge in [0.15, 0.2) is 5.78 Å². The summed E-state index contributed by atoms with van der Waals surface area (Å²) in [4.78, 5) is 13.9. The van der Waals surface area contributed by atoms with Gasteiger partial charge in [0.25, 0.3) is 0 Å². The van der Waals surface area contributed by atoms with E-state index in [1.165, 1.54) is 0 Å². The Morgan fingerprint density at radius 1 is 1.12 bits per heavy atom. The van der Waals surface area contributed by atoms with E-state index in [9.17, 15) is 4.79 Å². The lowest BCUT2D eigenvalue weighted by Gasteiger charge is -2.35. The Morgan fingerprint density at radius 2 is 1.79 bits per heavy atom. The van der Waals surface area contributed by atoms with Gasteiger partial charge in [-0.2, -0.15) is 0 Å². The van der Waals surface area contributed by atoms with Crippen LogP contribution in [0.4, 0.5) is 0 Å². The van der Waals surface area contributed by atoms with Crippen LogP contribution in [-0.2, 0) is 9.47 Å². The van der Waals surface area contributed by atoms with Crippen molar-refractivity contribution < 1.29 is 19.0 Å². The van der Waals surface area contributed by atoms with Crippen LogP contribution in [0.2, 0.25) is 0 Å². The van der Waals surface area contributed by atoms with Crippen LogP contribution in [0.5, 0.6) is 5.75 Å². The Labute approximate surface area is 144 Å². The standard InChI is InChI=1S/C19H29NO4/c1-4-19(21)17-5-7-18(8-6-17)23-12-11-22-10-9-20-13-15(2)24-16(3)14-20/h5-8,15-16H,4,9-14H2,1-3H3/t15-,16-/m0/s1. The smallest absolute Gasteiger partial charge is 0.162 e. The van der Waals surface area contributed by atoms with Crippen molar-refractivity contribution in [3.05, 3.63) is 29.8 Å². The van der Waals surface area contributed by atoms with Gasteiger partial charge in [0, 0.05) is 31.6 Å². The minimum Gasteiger partial charge on any atom is -0.491 e. The molecule has 1 aromatic rings. The summed E-state index contributed by atoms with van der Waals surface area (Å²) in [5, 5.41) is 0. The number of benzene rings is 1. The third-order valence-electron chi connectivity index (χ3n) is 4.04. The maximum atomic E-state index is 11.6. The molecule has 1 heterocycles. The van der Waals surface area contributed by atoms with Crippen molar-refractivity contribution in [3.8, 4) is 5.75 Å². The molecular formula is C19H29NO4. The third kappa shape index (κ3) is 6.23. The number of carbonyl (C=O) groups is 1. The molecule has 1 fully saturated rings. The summed E-state index contributed by atoms with van der Waals surface area (Å²) >= 11 is 0. The highest BCUT2D eigenvalue weighted by Gasteiger charge is 2.21. The van der Waals surface area contributed by atoms with Crippen molar-refractivity contribution in [3.63, 3.8) is 0 Å². The predicted octanol–water partition coefficient (Wildman–Crippen LogP) is 2.78. The van der Waals surface area contributed by atoms with Gasteiger partial charge in [0.05, 0.1) is 25.4 Å². The van der Waals surface area contributed by atoms with Gasteiger partial charge in [0.2, 0.25) is 0 Å². The van der Waals surface area contributed by atoms with Gasteiger partial charge in [-0.25, -0.2) is 0 Å². The minimum atomic E-state index is 0.150. The normalized spacial score (nSPS) is 21.6. The van der Waals surface area contributed by atoms with Crippen molar-refractivity contribution in [1.82, 2.24) is 4.90 Å². The molecule has 0 aliphatic carbocycles. The number of hydrogen-bond acceptors (Lipinski definition) is 5. The molecule has 134 valence electrons. The quantitative estimate of drug-likeness (QED) is 0.513. The van der Waals surface area contributed by atoms with Crippen LogP contribution in [0.1, 0.15) is 37.6 Å². The molecule has 0 saturated carbocycles. The number of hydrogen-bond donors (Lipinski definition) is 0. The first-order chi connectivity index (χ1) is 11.6. The molecule has 5 heteroatoms. The van der Waals surface area contributed by atoms with E-state index in [1.807, 2.05) is 31.2 Å². The SMILES string of the molecule is CCC(=O)c1ccc(OCCOCCN2C[C@H](C)O[C@@H](C)C2)cc1. The summed E-state index contributed by atoms with van der Waals surface area (Å²) in [7, 11) is 0. The summed E-state index contributed by atoms with van der Waals surface area (Å²) < 4.78 is 17.0. The first kappa shape index (κ1) is 18.9. The van der Waals surface area contributed by atoms with E-state index >= 15 is 0 Å². The zero-order chi connectivity index (χ0) is 17.4. The van der Waals surface area contributed by atoms with Gasteiger partial charge in [-0.3, -0.25) is 9.69 Å². The molecule has 0 amide bonds. The highest BCUT2D eigenvalue weighted by Crippen LogP contribution is 2.13. The molecule has 0 bridgehead atoms. The number of rotatable bonds is 9. The lowest BCUT2D eigenvalue weighted by molar-refractivity contribution is -0.0734. The van der Waals surface area contributed by atoms with E-state index in [-0.39, 0.29) is 5.78 Å². The second-order valence-electron chi connectivity index (χ2n) is 6.28. The highest BCUT2D eigenvalue weighted by atomic mass is 16.5. The fourth-order valence-corrected chi connectivity index (χ4v) is 2.92. The molecule has 1 saturated heterocycles. The van der Waals surface area contributed by atoms with Crippen molar-refractivity contribution >= 4 is 5.78 Å². The van der Waals surface area contributed by atoms with Crippen LogP contribution in [0.25, 0.3) is 0 Å². The number of ether oxygens (including phenoxy) is 3. The summed E-state index contributed by atoms with van der Waals surface area (Å²) in [6.07, 6.45) is 1.11. The van der Waals surface area contributed by atoms with E-state index in [1.54, 1.807) is 0 Å². The number of ketones is 1. The zero-order valence-corrected chi connectivity index (χ0v) is 15.0. The second-order valence-corrected chi connectivity index (χ2v) is 6.28. The number of morpholine rings is 1. The van der Waals surface area contributed by atoms with Crippen molar-refractivity contribution in [1.29, 1.82) is 0 Å². The maximum Gasteiger partial charge on any atom is 0.162 e. The Hall–Kier alpha value is -1.43. The Kier molecular flexibility index (Phi) is 7.69. The molecule has 2 rings (SSSR count). The van der Waals surface area contributed by atoms with E-state index < -0.39 is 0 Å². The second kappa shape index (κ2) is 9.77. The average Bonchev–Trinajstić information content (AvgIpc) is 2.57. The van der Waals surface area contributed by atoms with Crippen molar-refractivity contribution in [2.24, 2.45) is 0 Å². The number of carbonyl (C=O) groups excluding carboxylic acids is 1. The molecule has 1 aliphatic heterocycles. The summed E-state index contributed by atoms with van der Waals surface area (Å²) in [5.41, 5.74) is 0.732. The summed E-state index contributed by atoms with van der Waals surface area (Å²) in [6, 6.07) is 7.28. The van der Waals surface area contributed by atoms with Gasteiger partial charge in [-0.1, -0.05) is 6.92 Å². The van der Waals surface area contributed by atoms with Gasteiger partial charge in [-0.05, 0) is 38.1 Å². The molecule has 0 spiro atoms. The Balaban J connectivity index is 1.57. The highest BCUT2D eigenvalue weighted by molar-refractivity contribution is 5.95. The molecule has 0 aromatic heterocycles. The fraction of sp³-hybridized carbons (Fsp3) is 0.632. The van der Waals surface area contributed by atoms with Crippen molar-refractivity contribution in [2.45, 2.75) is 39.4 Å². The van der Waals surface area contributed by atoms with E-state index in [2.05, 4.69) is 18.7 Å². The lowest BCUT2D eigenvalue weighted by Crippen LogP contribution is -2.46. The van der Waals surface area contributed by atoms with Crippen LogP contribution >= 0.6 is 0 Å². The van der Waals surface area contributed by atoms with Gasteiger partial charge >= 0.3 is 0 Å². The van der Waals surface area contributed by atoms with Crippen LogP contribution in [0, 0.1) is 0 Å². The minimum absolute atomic E-state index is 0.150. The first-order valence-electron chi connectivity index (χ1n) is 8.80. The topological polar surface area (TPSA) is 48.0 Å². The molecule has 1 aliphatic rings. The molecule has 0 N–H and O–H groups in total. The number of Topliss-reactive ketones (excluding diaryl/α,β-unsaturated/α-hetero) is 1. The Bertz CT molecular complexity index is 493. The lowest BCUT2D eigenvalue weighted by atomic mass is 10.1. The van der Waals surface area contributed by atoms with E-state index in [0.29, 0.717) is 38.4 Å². The third-order valence-corrected chi connectivity index (χ3v) is 4.04. The molecule has 1 aromatic carbocycles. The largest absolute Gasteiger partial charge is 0.491 e. The van der Waals surface area contributed by atoms with E-state index in [4.69, 9.17) is 14.2 Å². The molecule has 2 atom stereocenters. The summed E-state index contributed by atoms with van der Waals surface area (Å²) in [6.45, 7) is 10.7. The monoisotopic (exact) mass is 335 g/mol. The predicted molar refractivity (Wildman–Crippen MR) is 93.8 cm³/mol. The molecule has 0 unspecified atom stereocenters. The van der Waals surface area contributed by atoms with Crippen LogP contribution < -0.4 is 4.74 Å². The zero-order valence-electron chi connectivity index (χ0n) is 15.0. The first-order valence-corrected chi connectivity index (χ1v) is 8.80. The molecule has 5 nitrogen and oxygen atoms in total. The fourth-order valence-electron chi connectivity index (χ4n) is 2.92. The number of nitrogens with zero attached hydrogens (tertiary/aromatic N) is 1. The summed E-state index contributed by atoms with van der Waals surface area (Å²) in [5.74, 6) is 0.915. The van der Waals surface area contributed by atoms with Gasteiger partial charge in [0.1, 0.15) is 12.4 Å². The molecular weight excluding hydrogens is 306 g/mol. The van der Waals surface area contributed by atoms with Crippen LogP contribution in [-0.4, -0.2) is 62.3 Å². The van der Waals surface area contributed by atoms with Gasteiger partial charge in [-0.15, -0.1) is 0 Å². The Morgan fingerprint density at radius 3 is 2.42 bits per heavy atom. The van der Waals surface area contributed by atoms with Crippen molar-refractivity contribution in [2.75, 3.05) is 39.5 Å². The van der Waals surface area contributed by atoms with Crippen LogP contribution in [0.15, 0.2) is 24.3 Å². The van der Waals surface area contributed by atoms with E-state index in [0.717, 1.165) is 30.9 Å².